The molecule has 0 radical (unpaired) electrons. The first-order valence-electron chi connectivity index (χ1n) is 8.09. The van der Waals surface area contributed by atoms with Crippen LogP contribution in [0.3, 0.4) is 0 Å². The van der Waals surface area contributed by atoms with E-state index in [2.05, 4.69) is 4.99 Å². The summed E-state index contributed by atoms with van der Waals surface area (Å²) in [5, 5.41) is 0.377. The van der Waals surface area contributed by atoms with E-state index in [0.717, 1.165) is 18.2 Å². The van der Waals surface area contributed by atoms with Gasteiger partial charge in [-0.05, 0) is 43.7 Å². The largest absolute Gasteiger partial charge is 0.418 e. The SMILES string of the molecule is CCN(C)C=Nc1cc(C)c(N(C)c2ccccc2C(F)(F)F)cc1Cl. The van der Waals surface area contributed by atoms with Crippen LogP contribution in [0.5, 0.6) is 0 Å². The first kappa shape index (κ1) is 20.1. The van der Waals surface area contributed by atoms with Gasteiger partial charge in [0.05, 0.1) is 28.3 Å². The van der Waals surface area contributed by atoms with Crippen LogP contribution in [0.25, 0.3) is 0 Å². The van der Waals surface area contributed by atoms with Crippen molar-refractivity contribution in [3.63, 3.8) is 0 Å². The van der Waals surface area contributed by atoms with E-state index >= 15 is 0 Å². The number of halogens is 4. The third-order valence-corrected chi connectivity index (χ3v) is 4.39. The van der Waals surface area contributed by atoms with Crippen LogP contribution < -0.4 is 4.90 Å². The monoisotopic (exact) mass is 383 g/mol. The molecule has 140 valence electrons. The average Bonchev–Trinajstić information content (AvgIpc) is 2.60. The second-order valence-corrected chi connectivity index (χ2v) is 6.39. The minimum atomic E-state index is -4.43. The lowest BCUT2D eigenvalue weighted by Gasteiger charge is -2.25. The Morgan fingerprint density at radius 3 is 2.38 bits per heavy atom. The molecule has 0 atom stereocenters. The predicted octanol–water partition coefficient (Wildman–Crippen LogP) is 6.05. The van der Waals surface area contributed by atoms with Gasteiger partial charge in [0.15, 0.2) is 0 Å². The number of aryl methyl sites for hydroxylation is 1. The van der Waals surface area contributed by atoms with Gasteiger partial charge in [0.1, 0.15) is 0 Å². The molecule has 0 spiro atoms. The molecule has 0 aromatic heterocycles. The van der Waals surface area contributed by atoms with Crippen molar-refractivity contribution >= 4 is 35.0 Å². The van der Waals surface area contributed by atoms with Crippen molar-refractivity contribution in [2.75, 3.05) is 25.5 Å². The minimum Gasteiger partial charge on any atom is -0.366 e. The molecule has 3 nitrogen and oxygen atoms in total. The third-order valence-electron chi connectivity index (χ3n) is 4.09. The number of rotatable bonds is 5. The predicted molar refractivity (Wildman–Crippen MR) is 102 cm³/mol. The van der Waals surface area contributed by atoms with E-state index in [-0.39, 0.29) is 5.69 Å². The summed E-state index contributed by atoms with van der Waals surface area (Å²) in [6.45, 7) is 4.62. The molecular formula is C19H21ClF3N3. The van der Waals surface area contributed by atoms with Crippen molar-refractivity contribution in [3.8, 4) is 0 Å². The normalized spacial score (nSPS) is 11.8. The zero-order valence-electron chi connectivity index (χ0n) is 15.1. The molecule has 2 aromatic rings. The van der Waals surface area contributed by atoms with E-state index in [1.807, 2.05) is 25.8 Å². The molecule has 0 amide bonds. The van der Waals surface area contributed by atoms with Gasteiger partial charge in [-0.1, -0.05) is 23.7 Å². The lowest BCUT2D eigenvalue weighted by Crippen LogP contribution is -2.17. The molecule has 2 aromatic carbocycles. The van der Waals surface area contributed by atoms with Gasteiger partial charge in [0.2, 0.25) is 0 Å². The van der Waals surface area contributed by atoms with Crippen molar-refractivity contribution < 1.29 is 13.2 Å². The standard InChI is InChI=1S/C19H21ClF3N3/c1-5-25(3)12-24-16-10-13(2)18(11-15(16)20)26(4)17-9-7-6-8-14(17)19(21,22)23/h6-12H,5H2,1-4H3. The second kappa shape index (κ2) is 7.99. The van der Waals surface area contributed by atoms with E-state index in [4.69, 9.17) is 11.6 Å². The fourth-order valence-corrected chi connectivity index (χ4v) is 2.70. The number of benzene rings is 2. The molecular weight excluding hydrogens is 363 g/mol. The highest BCUT2D eigenvalue weighted by Gasteiger charge is 2.34. The number of para-hydroxylation sites is 1. The maximum Gasteiger partial charge on any atom is 0.418 e. The smallest absolute Gasteiger partial charge is 0.366 e. The Bertz CT molecular complexity index is 803. The molecule has 7 heteroatoms. The molecule has 0 heterocycles. The van der Waals surface area contributed by atoms with E-state index < -0.39 is 11.7 Å². The van der Waals surface area contributed by atoms with Crippen molar-refractivity contribution in [3.05, 3.63) is 52.5 Å². The molecule has 0 N–H and O–H groups in total. The van der Waals surface area contributed by atoms with Gasteiger partial charge in [-0.15, -0.1) is 0 Å². The first-order chi connectivity index (χ1) is 12.1. The number of hydrogen-bond donors (Lipinski definition) is 0. The van der Waals surface area contributed by atoms with Crippen LogP contribution in [-0.2, 0) is 6.18 Å². The Balaban J connectivity index is 2.44. The third kappa shape index (κ3) is 4.49. The van der Waals surface area contributed by atoms with Crippen molar-refractivity contribution in [2.45, 2.75) is 20.0 Å². The van der Waals surface area contributed by atoms with Crippen LogP contribution >= 0.6 is 11.6 Å². The molecule has 0 aliphatic rings. The molecule has 0 aliphatic heterocycles. The Labute approximate surface area is 156 Å². The molecule has 0 aliphatic carbocycles. The van der Waals surface area contributed by atoms with E-state index in [1.165, 1.54) is 17.0 Å². The number of aliphatic imine (C=N–C) groups is 1. The van der Waals surface area contributed by atoms with Gasteiger partial charge in [-0.3, -0.25) is 0 Å². The summed E-state index contributed by atoms with van der Waals surface area (Å²) >= 11 is 6.31. The van der Waals surface area contributed by atoms with Gasteiger partial charge in [-0.2, -0.15) is 13.2 Å². The molecule has 0 bridgehead atoms. The topological polar surface area (TPSA) is 18.8 Å². The van der Waals surface area contributed by atoms with Crippen LogP contribution in [0.2, 0.25) is 5.02 Å². The summed E-state index contributed by atoms with van der Waals surface area (Å²) in [4.78, 5) is 7.73. The van der Waals surface area contributed by atoms with Gasteiger partial charge < -0.3 is 9.80 Å². The fraction of sp³-hybridized carbons (Fsp3) is 0.316. The number of alkyl halides is 3. The number of hydrogen-bond acceptors (Lipinski definition) is 2. The molecule has 0 saturated carbocycles. The van der Waals surface area contributed by atoms with Gasteiger partial charge in [0, 0.05) is 26.3 Å². The van der Waals surface area contributed by atoms with Crippen LogP contribution in [-0.4, -0.2) is 31.9 Å². The van der Waals surface area contributed by atoms with Crippen LogP contribution in [0.15, 0.2) is 41.4 Å². The highest BCUT2D eigenvalue weighted by molar-refractivity contribution is 6.33. The quantitative estimate of drug-likeness (QED) is 0.462. The maximum absolute atomic E-state index is 13.3. The fourth-order valence-electron chi connectivity index (χ4n) is 2.49. The molecule has 0 unspecified atom stereocenters. The summed E-state index contributed by atoms with van der Waals surface area (Å²) in [7, 11) is 3.48. The number of anilines is 2. The second-order valence-electron chi connectivity index (χ2n) is 5.98. The highest BCUT2D eigenvalue weighted by Crippen LogP contribution is 2.41. The Morgan fingerprint density at radius 2 is 1.77 bits per heavy atom. The van der Waals surface area contributed by atoms with Crippen LogP contribution in [0, 0.1) is 6.92 Å². The highest BCUT2D eigenvalue weighted by atomic mass is 35.5. The average molecular weight is 384 g/mol. The molecule has 26 heavy (non-hydrogen) atoms. The zero-order valence-corrected chi connectivity index (χ0v) is 15.9. The van der Waals surface area contributed by atoms with Gasteiger partial charge in [0.25, 0.3) is 0 Å². The summed E-state index contributed by atoms with van der Waals surface area (Å²) in [6, 6.07) is 8.88. The van der Waals surface area contributed by atoms with Crippen LogP contribution in [0.1, 0.15) is 18.1 Å². The number of nitrogens with zero attached hydrogens (tertiary/aromatic N) is 3. The lowest BCUT2D eigenvalue weighted by atomic mass is 10.1. The maximum atomic E-state index is 13.3. The minimum absolute atomic E-state index is 0.0705. The summed E-state index contributed by atoms with van der Waals surface area (Å²) in [5.74, 6) is 0. The summed E-state index contributed by atoms with van der Waals surface area (Å²) in [5.41, 5.74) is 1.33. The van der Waals surface area contributed by atoms with E-state index in [9.17, 15) is 13.2 Å². The Morgan fingerprint density at radius 1 is 1.12 bits per heavy atom. The Kier molecular flexibility index (Phi) is 6.18. The Hall–Kier alpha value is -2.21. The summed E-state index contributed by atoms with van der Waals surface area (Å²) in [6.07, 6.45) is -2.76. The van der Waals surface area contributed by atoms with Crippen molar-refractivity contribution in [1.29, 1.82) is 0 Å². The van der Waals surface area contributed by atoms with Crippen LogP contribution in [0.4, 0.5) is 30.2 Å². The molecule has 0 saturated heterocycles. The van der Waals surface area contributed by atoms with E-state index in [0.29, 0.717) is 16.4 Å². The van der Waals surface area contributed by atoms with Crippen molar-refractivity contribution in [2.24, 2.45) is 4.99 Å². The lowest BCUT2D eigenvalue weighted by molar-refractivity contribution is -0.137. The molecule has 2 rings (SSSR count). The zero-order chi connectivity index (χ0) is 19.5. The van der Waals surface area contributed by atoms with Crippen molar-refractivity contribution in [1.82, 2.24) is 4.90 Å². The van der Waals surface area contributed by atoms with E-state index in [1.54, 1.807) is 31.6 Å². The van der Waals surface area contributed by atoms with Gasteiger partial charge >= 0.3 is 6.18 Å². The summed E-state index contributed by atoms with van der Waals surface area (Å²) < 4.78 is 39.9. The van der Waals surface area contributed by atoms with Gasteiger partial charge in [-0.25, -0.2) is 4.99 Å². The molecule has 0 fully saturated rings. The first-order valence-corrected chi connectivity index (χ1v) is 8.47.